The molecule has 0 spiro atoms. The quantitative estimate of drug-likeness (QED) is 0.683. The fourth-order valence-electron chi connectivity index (χ4n) is 1.10. The minimum absolute atomic E-state index is 0.198. The zero-order chi connectivity index (χ0) is 12.6. The molecule has 0 aromatic rings. The lowest BCUT2D eigenvalue weighted by atomic mass is 10.0. The van der Waals surface area contributed by atoms with Crippen molar-refractivity contribution in [2.75, 3.05) is 0 Å². The number of carbonyl (C=O) groups excluding carboxylic acids is 1. The summed E-state index contributed by atoms with van der Waals surface area (Å²) < 4.78 is 0. The molecule has 2 nitrogen and oxygen atoms in total. The van der Waals surface area contributed by atoms with Crippen molar-refractivity contribution >= 4 is 5.91 Å². The second-order valence-corrected chi connectivity index (χ2v) is 3.49. The average Bonchev–Trinajstić information content (AvgIpc) is 2.21. The molecule has 0 saturated heterocycles. The molecule has 16 heavy (non-hydrogen) atoms. The van der Waals surface area contributed by atoms with Gasteiger partial charge in [-0.2, -0.15) is 0 Å². The molecule has 0 aromatic heterocycles. The van der Waals surface area contributed by atoms with Crippen molar-refractivity contribution in [3.05, 3.63) is 60.3 Å². The summed E-state index contributed by atoms with van der Waals surface area (Å²) in [6.45, 7) is 11.4. The Morgan fingerprint density at radius 2 is 2.06 bits per heavy atom. The lowest BCUT2D eigenvalue weighted by Crippen LogP contribution is -2.10. The van der Waals surface area contributed by atoms with Gasteiger partial charge in [-0.1, -0.05) is 49.1 Å². The number of amides is 1. The molecular formula is C14H19NO. The van der Waals surface area contributed by atoms with Gasteiger partial charge < -0.3 is 5.73 Å². The van der Waals surface area contributed by atoms with Crippen molar-refractivity contribution in [3.63, 3.8) is 0 Å². The third-order valence-electron chi connectivity index (χ3n) is 1.94. The average molecular weight is 217 g/mol. The molecule has 2 heteroatoms. The van der Waals surface area contributed by atoms with Crippen molar-refractivity contribution < 1.29 is 4.79 Å². The van der Waals surface area contributed by atoms with Gasteiger partial charge in [-0.05, 0) is 25.0 Å². The summed E-state index contributed by atoms with van der Waals surface area (Å²) in [5, 5.41) is 0. The number of nitrogens with two attached hydrogens (primary N) is 1. The molecule has 0 rings (SSSR count). The van der Waals surface area contributed by atoms with Gasteiger partial charge in [0, 0.05) is 0 Å². The highest BCUT2D eigenvalue weighted by molar-refractivity contribution is 5.77. The third-order valence-corrected chi connectivity index (χ3v) is 1.94. The topological polar surface area (TPSA) is 43.1 Å². The van der Waals surface area contributed by atoms with Gasteiger partial charge in [0.05, 0.1) is 6.42 Å². The van der Waals surface area contributed by atoms with Crippen LogP contribution >= 0.6 is 0 Å². The largest absolute Gasteiger partial charge is 0.369 e. The van der Waals surface area contributed by atoms with Crippen LogP contribution in [0.2, 0.25) is 0 Å². The molecule has 0 atom stereocenters. The molecule has 0 radical (unpaired) electrons. The van der Waals surface area contributed by atoms with Crippen LogP contribution < -0.4 is 5.73 Å². The van der Waals surface area contributed by atoms with E-state index in [1.54, 1.807) is 6.08 Å². The first-order chi connectivity index (χ1) is 7.51. The SMILES string of the molecule is C=C\C(=C/C(=C/C=C\C)C(=C)C)CC(N)=O. The molecule has 1 amide bonds. The predicted octanol–water partition coefficient (Wildman–Crippen LogP) is 3.05. The first-order valence-corrected chi connectivity index (χ1v) is 5.11. The van der Waals surface area contributed by atoms with Crippen LogP contribution in [-0.4, -0.2) is 5.91 Å². The van der Waals surface area contributed by atoms with Crippen molar-refractivity contribution in [2.45, 2.75) is 20.3 Å². The molecule has 0 unspecified atom stereocenters. The second kappa shape index (κ2) is 7.46. The predicted molar refractivity (Wildman–Crippen MR) is 69.8 cm³/mol. The van der Waals surface area contributed by atoms with Crippen LogP contribution in [0.25, 0.3) is 0 Å². The van der Waals surface area contributed by atoms with Gasteiger partial charge in [-0.3, -0.25) is 4.79 Å². The maximum atomic E-state index is 10.8. The molecule has 0 aliphatic carbocycles. The summed E-state index contributed by atoms with van der Waals surface area (Å²) >= 11 is 0. The zero-order valence-electron chi connectivity index (χ0n) is 9.99. The Morgan fingerprint density at radius 1 is 1.44 bits per heavy atom. The summed E-state index contributed by atoms with van der Waals surface area (Å²) in [6, 6.07) is 0. The fraction of sp³-hybridized carbons (Fsp3) is 0.214. The number of hydrogen-bond donors (Lipinski definition) is 1. The van der Waals surface area contributed by atoms with E-state index in [0.29, 0.717) is 0 Å². The van der Waals surface area contributed by atoms with E-state index in [1.807, 2.05) is 38.2 Å². The monoisotopic (exact) mass is 217 g/mol. The third kappa shape index (κ3) is 5.81. The van der Waals surface area contributed by atoms with Gasteiger partial charge in [0.2, 0.25) is 5.91 Å². The highest BCUT2D eigenvalue weighted by Gasteiger charge is 2.00. The first kappa shape index (κ1) is 14.2. The van der Waals surface area contributed by atoms with Crippen LogP contribution in [-0.2, 0) is 4.79 Å². The first-order valence-electron chi connectivity index (χ1n) is 5.11. The summed E-state index contributed by atoms with van der Waals surface area (Å²) in [4.78, 5) is 10.8. The van der Waals surface area contributed by atoms with Crippen LogP contribution in [0.1, 0.15) is 20.3 Å². The van der Waals surface area contributed by atoms with E-state index >= 15 is 0 Å². The van der Waals surface area contributed by atoms with E-state index in [9.17, 15) is 4.79 Å². The molecule has 0 saturated carbocycles. The Labute approximate surface area is 97.5 Å². The van der Waals surface area contributed by atoms with Gasteiger partial charge in [-0.15, -0.1) is 0 Å². The molecule has 0 bridgehead atoms. The van der Waals surface area contributed by atoms with Gasteiger partial charge in [-0.25, -0.2) is 0 Å². The van der Waals surface area contributed by atoms with Crippen molar-refractivity contribution in [1.82, 2.24) is 0 Å². The van der Waals surface area contributed by atoms with Crippen LogP contribution in [0, 0.1) is 0 Å². The molecule has 86 valence electrons. The Bertz CT molecular complexity index is 370. The van der Waals surface area contributed by atoms with Crippen molar-refractivity contribution in [2.24, 2.45) is 5.73 Å². The highest BCUT2D eigenvalue weighted by Crippen LogP contribution is 2.14. The van der Waals surface area contributed by atoms with Crippen LogP contribution in [0.3, 0.4) is 0 Å². The molecule has 0 aliphatic heterocycles. The maximum absolute atomic E-state index is 10.8. The molecule has 2 N–H and O–H groups in total. The lowest BCUT2D eigenvalue weighted by Gasteiger charge is -2.03. The lowest BCUT2D eigenvalue weighted by molar-refractivity contribution is -0.117. The Kier molecular flexibility index (Phi) is 6.61. The Balaban J connectivity index is 5.07. The van der Waals surface area contributed by atoms with Gasteiger partial charge >= 0.3 is 0 Å². The van der Waals surface area contributed by atoms with Crippen LogP contribution in [0.15, 0.2) is 60.3 Å². The number of rotatable bonds is 6. The molecule has 0 heterocycles. The molecular weight excluding hydrogens is 198 g/mol. The second-order valence-electron chi connectivity index (χ2n) is 3.49. The van der Waals surface area contributed by atoms with E-state index in [4.69, 9.17) is 5.73 Å². The number of hydrogen-bond acceptors (Lipinski definition) is 1. The summed E-state index contributed by atoms with van der Waals surface area (Å²) in [5.41, 5.74) is 7.83. The fourth-order valence-corrected chi connectivity index (χ4v) is 1.10. The summed E-state index contributed by atoms with van der Waals surface area (Å²) in [5.74, 6) is -0.363. The minimum atomic E-state index is -0.363. The number of primary amides is 1. The Morgan fingerprint density at radius 3 is 2.44 bits per heavy atom. The molecule has 0 aliphatic rings. The van der Waals surface area contributed by atoms with Crippen LogP contribution in [0.5, 0.6) is 0 Å². The van der Waals surface area contributed by atoms with E-state index in [2.05, 4.69) is 13.2 Å². The maximum Gasteiger partial charge on any atom is 0.221 e. The molecule has 0 aromatic carbocycles. The zero-order valence-corrected chi connectivity index (χ0v) is 9.99. The summed E-state index contributed by atoms with van der Waals surface area (Å²) in [7, 11) is 0. The van der Waals surface area contributed by atoms with E-state index in [1.165, 1.54) is 0 Å². The smallest absolute Gasteiger partial charge is 0.221 e. The highest BCUT2D eigenvalue weighted by atomic mass is 16.1. The molecule has 0 fully saturated rings. The van der Waals surface area contributed by atoms with E-state index in [0.717, 1.165) is 16.7 Å². The normalized spacial score (nSPS) is 12.9. The number of carbonyl (C=O) groups is 1. The number of allylic oxidation sites excluding steroid dienone is 7. The van der Waals surface area contributed by atoms with Crippen LogP contribution in [0.4, 0.5) is 0 Å². The van der Waals surface area contributed by atoms with E-state index < -0.39 is 0 Å². The van der Waals surface area contributed by atoms with Gasteiger partial charge in [0.1, 0.15) is 0 Å². The van der Waals surface area contributed by atoms with Crippen molar-refractivity contribution in [3.8, 4) is 0 Å². The Hall–Kier alpha value is -1.83. The van der Waals surface area contributed by atoms with Gasteiger partial charge in [0.15, 0.2) is 0 Å². The standard InChI is InChI=1S/C14H19NO/c1-5-7-8-13(11(3)4)9-12(6-2)10-14(15)16/h5-9H,2-3,10H2,1,4H3,(H2,15,16)/b7-5-,12-9+,13-8-. The minimum Gasteiger partial charge on any atom is -0.369 e. The van der Waals surface area contributed by atoms with E-state index in [-0.39, 0.29) is 12.3 Å². The van der Waals surface area contributed by atoms with Gasteiger partial charge in [0.25, 0.3) is 0 Å². The van der Waals surface area contributed by atoms with Crippen molar-refractivity contribution in [1.29, 1.82) is 0 Å². The summed E-state index contributed by atoms with van der Waals surface area (Å²) in [6.07, 6.45) is 9.50.